The molecule has 1 aliphatic heterocycles. The number of hydrogen-bond acceptors (Lipinski definition) is 4. The van der Waals surface area contributed by atoms with E-state index in [0.717, 1.165) is 4.90 Å². The van der Waals surface area contributed by atoms with E-state index in [2.05, 4.69) is 5.32 Å². The third kappa shape index (κ3) is 2.61. The van der Waals surface area contributed by atoms with Gasteiger partial charge in [-0.1, -0.05) is 19.9 Å². The highest BCUT2D eigenvalue weighted by Gasteiger charge is 2.39. The van der Waals surface area contributed by atoms with Crippen molar-refractivity contribution in [2.45, 2.75) is 26.3 Å². The van der Waals surface area contributed by atoms with Crippen molar-refractivity contribution in [1.82, 2.24) is 5.32 Å². The van der Waals surface area contributed by atoms with Gasteiger partial charge in [-0.25, -0.2) is 9.69 Å². The van der Waals surface area contributed by atoms with Crippen LogP contribution >= 0.6 is 0 Å². The number of nitrogens with one attached hydrogen (secondary N) is 1. The number of anilines is 1. The van der Waals surface area contributed by atoms with Crippen LogP contribution in [-0.4, -0.2) is 22.9 Å². The summed E-state index contributed by atoms with van der Waals surface area (Å²) in [7, 11) is 0. The van der Waals surface area contributed by atoms with Gasteiger partial charge < -0.3 is 5.32 Å². The van der Waals surface area contributed by atoms with Crippen molar-refractivity contribution in [3.63, 3.8) is 0 Å². The molecule has 0 spiro atoms. The maximum atomic E-state index is 12.2. The first-order valence-electron chi connectivity index (χ1n) is 6.29. The predicted octanol–water partition coefficient (Wildman–Crippen LogP) is 2.07. The maximum absolute atomic E-state index is 12.2. The Morgan fingerprint density at radius 1 is 1.40 bits per heavy atom. The third-order valence-electron chi connectivity index (χ3n) is 3.03. The van der Waals surface area contributed by atoms with Gasteiger partial charge in [0.15, 0.2) is 0 Å². The number of carbonyl (C=O) groups excluding carboxylic acids is 2. The normalized spacial score (nSPS) is 18.6. The van der Waals surface area contributed by atoms with E-state index in [1.807, 2.05) is 13.8 Å². The van der Waals surface area contributed by atoms with Gasteiger partial charge in [0.25, 0.3) is 11.6 Å². The van der Waals surface area contributed by atoms with Gasteiger partial charge in [-0.2, -0.15) is 0 Å². The summed E-state index contributed by atoms with van der Waals surface area (Å²) in [6.07, 6.45) is 0.538. The van der Waals surface area contributed by atoms with Crippen LogP contribution in [-0.2, 0) is 4.79 Å². The van der Waals surface area contributed by atoms with E-state index in [4.69, 9.17) is 0 Å². The van der Waals surface area contributed by atoms with Crippen LogP contribution in [0.3, 0.4) is 0 Å². The molecular weight excluding hydrogens is 262 g/mol. The first-order chi connectivity index (χ1) is 9.40. The van der Waals surface area contributed by atoms with Crippen LogP contribution in [0, 0.1) is 16.0 Å². The van der Waals surface area contributed by atoms with E-state index >= 15 is 0 Å². The van der Waals surface area contributed by atoms with E-state index in [9.17, 15) is 19.7 Å². The SMILES string of the molecule is CC(C)CC1NC(=O)N(c2cccc([N+](=O)[O-])c2)C1=O. The fraction of sp³-hybridized carbons (Fsp3) is 0.385. The summed E-state index contributed by atoms with van der Waals surface area (Å²) in [6, 6.07) is 4.37. The fourth-order valence-electron chi connectivity index (χ4n) is 2.15. The van der Waals surface area contributed by atoms with Gasteiger partial charge in [0, 0.05) is 12.1 Å². The molecule has 0 aliphatic carbocycles. The molecule has 7 nitrogen and oxygen atoms in total. The number of non-ortho nitro benzene ring substituents is 1. The van der Waals surface area contributed by atoms with Gasteiger partial charge in [0.1, 0.15) is 6.04 Å². The first-order valence-corrected chi connectivity index (χ1v) is 6.29. The Morgan fingerprint density at radius 2 is 2.10 bits per heavy atom. The average Bonchev–Trinajstić information content (AvgIpc) is 2.64. The summed E-state index contributed by atoms with van der Waals surface area (Å²) in [5.74, 6) is -0.112. The first kappa shape index (κ1) is 14.0. The van der Waals surface area contributed by atoms with E-state index in [-0.39, 0.29) is 23.2 Å². The molecule has 0 radical (unpaired) electrons. The second kappa shape index (κ2) is 5.28. The standard InChI is InChI=1S/C13H15N3O4/c1-8(2)6-11-12(17)15(13(18)14-11)9-4-3-5-10(7-9)16(19)20/h3-5,7-8,11H,6H2,1-2H3,(H,14,18). The topological polar surface area (TPSA) is 92.6 Å². The molecule has 20 heavy (non-hydrogen) atoms. The minimum Gasteiger partial charge on any atom is -0.325 e. The van der Waals surface area contributed by atoms with E-state index in [1.54, 1.807) is 0 Å². The molecule has 0 aromatic heterocycles. The highest BCUT2D eigenvalue weighted by atomic mass is 16.6. The summed E-state index contributed by atoms with van der Waals surface area (Å²) >= 11 is 0. The number of nitrogens with zero attached hydrogens (tertiary/aromatic N) is 2. The second-order valence-corrected chi connectivity index (χ2v) is 5.08. The fourth-order valence-corrected chi connectivity index (χ4v) is 2.15. The van der Waals surface area contributed by atoms with Gasteiger partial charge in [0.05, 0.1) is 10.6 Å². The molecule has 0 bridgehead atoms. The molecule has 1 N–H and O–H groups in total. The van der Waals surface area contributed by atoms with Gasteiger partial charge in [-0.05, 0) is 18.4 Å². The van der Waals surface area contributed by atoms with Gasteiger partial charge in [-0.3, -0.25) is 14.9 Å². The van der Waals surface area contributed by atoms with Crippen molar-refractivity contribution in [3.8, 4) is 0 Å². The molecule has 7 heteroatoms. The Bertz CT molecular complexity index is 570. The van der Waals surface area contributed by atoms with Crippen molar-refractivity contribution in [2.75, 3.05) is 4.90 Å². The van der Waals surface area contributed by atoms with Crippen molar-refractivity contribution < 1.29 is 14.5 Å². The lowest BCUT2D eigenvalue weighted by Gasteiger charge is -2.13. The van der Waals surface area contributed by atoms with Crippen LogP contribution in [0.25, 0.3) is 0 Å². The smallest absolute Gasteiger partial charge is 0.325 e. The largest absolute Gasteiger partial charge is 0.329 e. The van der Waals surface area contributed by atoms with Crippen LogP contribution in [0.5, 0.6) is 0 Å². The van der Waals surface area contributed by atoms with Crippen molar-refractivity contribution in [2.24, 2.45) is 5.92 Å². The Kier molecular flexibility index (Phi) is 3.69. The predicted molar refractivity (Wildman–Crippen MR) is 72.4 cm³/mol. The van der Waals surface area contributed by atoms with Crippen molar-refractivity contribution in [3.05, 3.63) is 34.4 Å². The zero-order valence-corrected chi connectivity index (χ0v) is 11.2. The third-order valence-corrected chi connectivity index (χ3v) is 3.03. The zero-order valence-electron chi connectivity index (χ0n) is 11.2. The molecule has 2 rings (SSSR count). The Balaban J connectivity index is 2.28. The zero-order chi connectivity index (χ0) is 14.9. The number of carbonyl (C=O) groups is 2. The number of nitro benzene ring substituents is 1. The van der Waals surface area contributed by atoms with Crippen LogP contribution in [0.1, 0.15) is 20.3 Å². The van der Waals surface area contributed by atoms with Gasteiger partial charge in [0.2, 0.25) is 0 Å². The average molecular weight is 277 g/mol. The lowest BCUT2D eigenvalue weighted by molar-refractivity contribution is -0.384. The molecular formula is C13H15N3O4. The molecule has 1 aromatic rings. The number of imide groups is 1. The van der Waals surface area contributed by atoms with E-state index in [1.165, 1.54) is 24.3 Å². The number of benzene rings is 1. The lowest BCUT2D eigenvalue weighted by atomic mass is 10.0. The molecule has 3 amide bonds. The summed E-state index contributed by atoms with van der Waals surface area (Å²) in [5, 5.41) is 13.3. The van der Waals surface area contributed by atoms with Crippen molar-refractivity contribution in [1.29, 1.82) is 0 Å². The Labute approximate surface area is 115 Å². The Hall–Kier alpha value is -2.44. The monoisotopic (exact) mass is 277 g/mol. The molecule has 1 fully saturated rings. The summed E-state index contributed by atoms with van der Waals surface area (Å²) in [5.41, 5.74) is 0.0587. The summed E-state index contributed by atoms with van der Waals surface area (Å²) in [6.45, 7) is 3.91. The molecule has 1 unspecified atom stereocenters. The van der Waals surface area contributed by atoms with Crippen molar-refractivity contribution >= 4 is 23.3 Å². The van der Waals surface area contributed by atoms with E-state index in [0.29, 0.717) is 6.42 Å². The maximum Gasteiger partial charge on any atom is 0.329 e. The molecule has 1 saturated heterocycles. The lowest BCUT2D eigenvalue weighted by Crippen LogP contribution is -2.31. The minimum absolute atomic E-state index is 0.157. The molecule has 1 aliphatic rings. The number of nitro groups is 1. The van der Waals surface area contributed by atoms with Crippen LogP contribution < -0.4 is 10.2 Å². The second-order valence-electron chi connectivity index (χ2n) is 5.08. The highest BCUT2D eigenvalue weighted by Crippen LogP contribution is 2.25. The number of urea groups is 1. The number of hydrogen-bond donors (Lipinski definition) is 1. The van der Waals surface area contributed by atoms with Crippen LogP contribution in [0.15, 0.2) is 24.3 Å². The van der Waals surface area contributed by atoms with E-state index < -0.39 is 17.0 Å². The molecule has 1 atom stereocenters. The quantitative estimate of drug-likeness (QED) is 0.518. The number of amides is 3. The minimum atomic E-state index is -0.568. The molecule has 1 aromatic carbocycles. The Morgan fingerprint density at radius 3 is 2.70 bits per heavy atom. The van der Waals surface area contributed by atoms with Crippen LogP contribution in [0.4, 0.5) is 16.2 Å². The molecule has 1 heterocycles. The highest BCUT2D eigenvalue weighted by molar-refractivity contribution is 6.21. The van der Waals surface area contributed by atoms with Gasteiger partial charge >= 0.3 is 6.03 Å². The number of rotatable bonds is 4. The molecule has 106 valence electrons. The summed E-state index contributed by atoms with van der Waals surface area (Å²) in [4.78, 5) is 35.2. The van der Waals surface area contributed by atoms with Gasteiger partial charge in [-0.15, -0.1) is 0 Å². The van der Waals surface area contributed by atoms with Crippen LogP contribution in [0.2, 0.25) is 0 Å². The summed E-state index contributed by atoms with van der Waals surface area (Å²) < 4.78 is 0. The molecule has 0 saturated carbocycles.